The highest BCUT2D eigenvalue weighted by Crippen LogP contribution is 2.46. The fourth-order valence-electron chi connectivity index (χ4n) is 5.37. The van der Waals surface area contributed by atoms with Crippen LogP contribution in [0.1, 0.15) is 13.8 Å². The number of rotatable bonds is 14. The number of nitrogens with zero attached hydrogens (tertiary/aromatic N) is 6. The van der Waals surface area contributed by atoms with Gasteiger partial charge in [-0.15, -0.1) is 10.2 Å². The summed E-state index contributed by atoms with van der Waals surface area (Å²) in [4.78, 5) is 25.7. The van der Waals surface area contributed by atoms with Gasteiger partial charge < -0.3 is 29.3 Å². The van der Waals surface area contributed by atoms with Gasteiger partial charge in [-0.05, 0) is 74.5 Å². The maximum atomic E-state index is 13.1. The summed E-state index contributed by atoms with van der Waals surface area (Å²) in [6.07, 6.45) is 0. The van der Waals surface area contributed by atoms with Crippen LogP contribution in [0.15, 0.2) is 126 Å². The third kappa shape index (κ3) is 9.96. The molecule has 0 atom stereocenters. The van der Waals surface area contributed by atoms with Gasteiger partial charge in [0.25, 0.3) is 26.0 Å². The number of anilines is 1. The number of ether oxygens (including phenoxy) is 3. The summed E-state index contributed by atoms with van der Waals surface area (Å²) in [7, 11) is -4.56. The highest BCUT2D eigenvalue weighted by molar-refractivity contribution is 7.90. The number of nitrogens with one attached hydrogen (secondary N) is 3. The predicted octanol–water partition coefficient (Wildman–Crippen LogP) is 7.90. The standard InChI is InChI=1S/C36H33Cl4N9O9S2/c1-19-34(56-17-48(19)3)46-59(52,53)23-12-8-21(9-13-23)42-44-27-16-28(30(58-36(51)32(39)40)25-6-5-7-26(29(25)27)41-33(50)31(37)38)45-43-22-10-14-24(15-11-22)60(54,55)47-35-20(2)49(4)18-57-35/h5-16,31-32,46-47H,17-18H2,1-4H3,(H,41,50). The van der Waals surface area contributed by atoms with Crippen molar-refractivity contribution in [2.75, 3.05) is 32.9 Å². The fraction of sp³-hybridized carbons (Fsp3) is 0.222. The number of sulfonamides is 2. The van der Waals surface area contributed by atoms with Gasteiger partial charge in [0.05, 0.1) is 43.9 Å². The summed E-state index contributed by atoms with van der Waals surface area (Å²) in [5, 5.41) is 20.1. The number of fused-ring (bicyclic) bond motifs is 1. The lowest BCUT2D eigenvalue weighted by atomic mass is 10.0. The van der Waals surface area contributed by atoms with Crippen molar-refractivity contribution in [1.29, 1.82) is 0 Å². The topological polar surface area (TPSA) is 222 Å². The van der Waals surface area contributed by atoms with Gasteiger partial charge in [0.1, 0.15) is 5.69 Å². The molecule has 0 saturated carbocycles. The molecule has 4 aromatic rings. The predicted molar refractivity (Wildman–Crippen MR) is 224 cm³/mol. The molecule has 0 spiro atoms. The lowest BCUT2D eigenvalue weighted by Crippen LogP contribution is -2.24. The molecular weight excluding hydrogens is 908 g/mol. The third-order valence-corrected chi connectivity index (χ3v) is 12.3. The molecule has 2 aliphatic heterocycles. The van der Waals surface area contributed by atoms with E-state index in [0.29, 0.717) is 11.4 Å². The summed E-state index contributed by atoms with van der Waals surface area (Å²) >= 11 is 23.4. The third-order valence-electron chi connectivity index (χ3n) is 8.81. The van der Waals surface area contributed by atoms with Crippen molar-refractivity contribution in [3.63, 3.8) is 0 Å². The number of benzene rings is 4. The van der Waals surface area contributed by atoms with E-state index in [1.807, 2.05) is 0 Å². The molecule has 0 aliphatic carbocycles. The van der Waals surface area contributed by atoms with E-state index in [9.17, 15) is 26.4 Å². The number of azo groups is 2. The molecule has 3 N–H and O–H groups in total. The molecule has 0 aromatic heterocycles. The van der Waals surface area contributed by atoms with E-state index in [2.05, 4.69) is 35.2 Å². The van der Waals surface area contributed by atoms with Gasteiger partial charge in [-0.25, -0.2) is 31.1 Å². The quantitative estimate of drug-likeness (QED) is 0.0477. The Hall–Kier alpha value is -5.38. The molecular formula is C36H33Cl4N9O9S2. The Balaban J connectivity index is 1.39. The highest BCUT2D eigenvalue weighted by atomic mass is 35.5. The molecule has 2 heterocycles. The van der Waals surface area contributed by atoms with E-state index in [-0.39, 0.29) is 80.0 Å². The second-order valence-corrected chi connectivity index (χ2v) is 18.4. The van der Waals surface area contributed by atoms with Crippen LogP contribution in [-0.4, -0.2) is 75.7 Å². The molecule has 60 heavy (non-hydrogen) atoms. The Labute approximate surface area is 363 Å². The molecule has 24 heteroatoms. The fourth-order valence-corrected chi connectivity index (χ4v) is 7.69. The molecule has 0 unspecified atom stereocenters. The van der Waals surface area contributed by atoms with E-state index < -0.39 is 41.6 Å². The Kier molecular flexibility index (Phi) is 13.3. The minimum Gasteiger partial charge on any atom is -0.456 e. The average Bonchev–Trinajstić information content (AvgIpc) is 3.69. The molecule has 4 aromatic carbocycles. The summed E-state index contributed by atoms with van der Waals surface area (Å²) in [6.45, 7) is 3.81. The maximum Gasteiger partial charge on any atom is 0.344 e. The molecule has 1 amide bonds. The first kappa shape index (κ1) is 44.2. The first-order valence-electron chi connectivity index (χ1n) is 17.2. The van der Waals surface area contributed by atoms with Crippen molar-refractivity contribution in [1.82, 2.24) is 19.2 Å². The van der Waals surface area contributed by atoms with Gasteiger partial charge in [-0.2, -0.15) is 10.2 Å². The molecule has 0 fully saturated rings. The van der Waals surface area contributed by atoms with E-state index >= 15 is 0 Å². The lowest BCUT2D eigenvalue weighted by Gasteiger charge is -2.16. The van der Waals surface area contributed by atoms with Crippen LogP contribution in [0, 0.1) is 0 Å². The van der Waals surface area contributed by atoms with E-state index in [4.69, 9.17) is 60.6 Å². The monoisotopic (exact) mass is 939 g/mol. The lowest BCUT2D eigenvalue weighted by molar-refractivity contribution is -0.132. The van der Waals surface area contributed by atoms with Crippen LogP contribution in [-0.2, 0) is 39.1 Å². The summed E-state index contributed by atoms with van der Waals surface area (Å²) in [5.41, 5.74) is 1.68. The molecule has 2 aliphatic rings. The van der Waals surface area contributed by atoms with Crippen molar-refractivity contribution >= 4 is 118 Å². The van der Waals surface area contributed by atoms with Crippen LogP contribution in [0.2, 0.25) is 0 Å². The Morgan fingerprint density at radius 3 is 1.62 bits per heavy atom. The normalized spacial score (nSPS) is 14.8. The smallest absolute Gasteiger partial charge is 0.344 e. The number of halogens is 4. The highest BCUT2D eigenvalue weighted by Gasteiger charge is 2.26. The zero-order chi connectivity index (χ0) is 43.5. The Bertz CT molecular complexity index is 2700. The second kappa shape index (κ2) is 18.1. The molecule has 0 saturated heterocycles. The average molecular weight is 942 g/mol. The van der Waals surface area contributed by atoms with Crippen LogP contribution in [0.4, 0.5) is 28.4 Å². The van der Waals surface area contributed by atoms with Crippen LogP contribution in [0.25, 0.3) is 10.8 Å². The Morgan fingerprint density at radius 1 is 0.700 bits per heavy atom. The zero-order valence-corrected chi connectivity index (χ0v) is 36.3. The van der Waals surface area contributed by atoms with Crippen molar-refractivity contribution in [3.8, 4) is 5.75 Å². The molecule has 6 rings (SSSR count). The van der Waals surface area contributed by atoms with Crippen molar-refractivity contribution in [3.05, 3.63) is 96.0 Å². The minimum atomic E-state index is -4.03. The van der Waals surface area contributed by atoms with Gasteiger partial charge in [0.2, 0.25) is 16.6 Å². The number of alkyl halides is 4. The number of carbonyl (C=O) groups is 2. The van der Waals surface area contributed by atoms with E-state index in [1.165, 1.54) is 72.8 Å². The Morgan fingerprint density at radius 2 is 1.18 bits per heavy atom. The summed E-state index contributed by atoms with van der Waals surface area (Å²) in [6, 6.07) is 16.7. The van der Waals surface area contributed by atoms with E-state index in [1.54, 1.807) is 37.7 Å². The van der Waals surface area contributed by atoms with Crippen LogP contribution >= 0.6 is 46.4 Å². The van der Waals surface area contributed by atoms with E-state index in [0.717, 1.165) is 0 Å². The first-order valence-corrected chi connectivity index (χ1v) is 21.9. The van der Waals surface area contributed by atoms with Gasteiger partial charge in [-0.1, -0.05) is 58.5 Å². The molecule has 18 nitrogen and oxygen atoms in total. The van der Waals surface area contributed by atoms with Gasteiger partial charge in [-0.3, -0.25) is 4.79 Å². The van der Waals surface area contributed by atoms with Crippen LogP contribution in [0.3, 0.4) is 0 Å². The number of carbonyl (C=O) groups excluding carboxylic acids is 2. The van der Waals surface area contributed by atoms with Crippen molar-refractivity contribution < 1.29 is 40.6 Å². The molecule has 0 bridgehead atoms. The number of allylic oxidation sites excluding steroid dienone is 2. The molecule has 316 valence electrons. The number of hydrogen-bond acceptors (Lipinski definition) is 15. The maximum absolute atomic E-state index is 13.1. The van der Waals surface area contributed by atoms with Gasteiger partial charge >= 0.3 is 5.97 Å². The minimum absolute atomic E-state index is 0.0452. The number of esters is 1. The zero-order valence-electron chi connectivity index (χ0n) is 31.7. The van der Waals surface area contributed by atoms with Gasteiger partial charge in [0, 0.05) is 24.9 Å². The number of hydrogen-bond donors (Lipinski definition) is 3. The van der Waals surface area contributed by atoms with Crippen molar-refractivity contribution in [2.24, 2.45) is 20.5 Å². The second-order valence-electron chi connectivity index (χ2n) is 12.9. The van der Waals surface area contributed by atoms with Crippen LogP contribution < -0.4 is 19.5 Å². The summed E-state index contributed by atoms with van der Waals surface area (Å²) in [5.74, 6) is -1.86. The van der Waals surface area contributed by atoms with Crippen molar-refractivity contribution in [2.45, 2.75) is 33.3 Å². The SMILES string of the molecule is CC1=C(NS(=O)(=O)c2ccc(N=Nc3cc(N=Nc4ccc(S(=O)(=O)NC5=C(C)N(C)CO5)cc4)c4c(NC(=O)C(Cl)Cl)cccc4c3OC(=O)C(Cl)Cl)cc2)OCN1C. The molecule has 0 radical (unpaired) electrons. The van der Waals surface area contributed by atoms with Gasteiger partial charge in [0.15, 0.2) is 24.0 Å². The number of amides is 1. The van der Waals surface area contributed by atoms with Crippen LogP contribution in [0.5, 0.6) is 5.75 Å². The first-order chi connectivity index (χ1) is 28.3. The largest absolute Gasteiger partial charge is 0.456 e. The summed E-state index contributed by atoms with van der Waals surface area (Å²) < 4.78 is 73.6.